The van der Waals surface area contributed by atoms with Gasteiger partial charge < -0.3 is 5.32 Å². The Morgan fingerprint density at radius 2 is 1.94 bits per heavy atom. The molecule has 0 bridgehead atoms. The summed E-state index contributed by atoms with van der Waals surface area (Å²) < 4.78 is 38.1. The van der Waals surface area contributed by atoms with Crippen molar-refractivity contribution >= 4 is 5.78 Å². The molecule has 0 saturated heterocycles. The van der Waals surface area contributed by atoms with E-state index < -0.39 is 11.7 Å². The van der Waals surface area contributed by atoms with Crippen molar-refractivity contribution in [3.8, 4) is 0 Å². The Balaban J connectivity index is 2.70. The summed E-state index contributed by atoms with van der Waals surface area (Å²) in [5.74, 6) is -0.165. The van der Waals surface area contributed by atoms with Crippen molar-refractivity contribution in [1.82, 2.24) is 5.32 Å². The maximum absolute atomic E-state index is 12.7. The van der Waals surface area contributed by atoms with E-state index in [2.05, 4.69) is 5.32 Å². The van der Waals surface area contributed by atoms with Gasteiger partial charge in [0.1, 0.15) is 5.78 Å². The number of hydrogen-bond acceptors (Lipinski definition) is 2. The van der Waals surface area contributed by atoms with Crippen LogP contribution in [0.2, 0.25) is 0 Å². The quantitative estimate of drug-likeness (QED) is 0.796. The summed E-state index contributed by atoms with van der Waals surface area (Å²) >= 11 is 0. The molecular formula is C13H16F3NO. The fourth-order valence-electron chi connectivity index (χ4n) is 1.71. The van der Waals surface area contributed by atoms with Gasteiger partial charge in [0, 0.05) is 12.8 Å². The van der Waals surface area contributed by atoms with Gasteiger partial charge in [0.05, 0.1) is 5.56 Å². The second kappa shape index (κ2) is 6.54. The SMILES string of the molecule is CNCCCC(=O)Cc1ccccc1C(F)(F)F. The van der Waals surface area contributed by atoms with Crippen molar-refractivity contribution in [2.75, 3.05) is 13.6 Å². The number of alkyl halides is 3. The number of rotatable bonds is 6. The van der Waals surface area contributed by atoms with E-state index in [1.807, 2.05) is 0 Å². The second-order valence-corrected chi connectivity index (χ2v) is 4.08. The van der Waals surface area contributed by atoms with Gasteiger partial charge in [-0.1, -0.05) is 18.2 Å². The van der Waals surface area contributed by atoms with Crippen LogP contribution in [0.1, 0.15) is 24.0 Å². The summed E-state index contributed by atoms with van der Waals surface area (Å²) in [5.41, 5.74) is -0.661. The minimum Gasteiger partial charge on any atom is -0.320 e. The van der Waals surface area contributed by atoms with Gasteiger partial charge in [-0.25, -0.2) is 0 Å². The van der Waals surface area contributed by atoms with Crippen molar-refractivity contribution in [2.45, 2.75) is 25.4 Å². The average molecular weight is 259 g/mol. The molecule has 0 fully saturated rings. The molecule has 1 N–H and O–H groups in total. The summed E-state index contributed by atoms with van der Waals surface area (Å²) in [4.78, 5) is 11.6. The van der Waals surface area contributed by atoms with Crippen molar-refractivity contribution in [3.63, 3.8) is 0 Å². The smallest absolute Gasteiger partial charge is 0.320 e. The lowest BCUT2D eigenvalue weighted by atomic mass is 10.00. The fraction of sp³-hybridized carbons (Fsp3) is 0.462. The van der Waals surface area contributed by atoms with Gasteiger partial charge in [0.2, 0.25) is 0 Å². The number of hydrogen-bond donors (Lipinski definition) is 1. The lowest BCUT2D eigenvalue weighted by Crippen LogP contribution is -2.14. The van der Waals surface area contributed by atoms with Crippen molar-refractivity contribution in [1.29, 1.82) is 0 Å². The zero-order valence-electron chi connectivity index (χ0n) is 10.2. The Kier molecular flexibility index (Phi) is 5.34. The Hall–Kier alpha value is -1.36. The second-order valence-electron chi connectivity index (χ2n) is 4.08. The largest absolute Gasteiger partial charge is 0.416 e. The van der Waals surface area contributed by atoms with Crippen molar-refractivity contribution in [2.24, 2.45) is 0 Å². The topological polar surface area (TPSA) is 29.1 Å². The Morgan fingerprint density at radius 3 is 2.56 bits per heavy atom. The summed E-state index contributed by atoms with van der Waals surface area (Å²) in [6.45, 7) is 0.687. The van der Waals surface area contributed by atoms with E-state index in [1.54, 1.807) is 7.05 Å². The van der Waals surface area contributed by atoms with E-state index >= 15 is 0 Å². The zero-order chi connectivity index (χ0) is 13.6. The predicted octanol–water partition coefficient (Wildman–Crippen LogP) is 2.82. The molecule has 5 heteroatoms. The minimum atomic E-state index is -4.40. The highest BCUT2D eigenvalue weighted by atomic mass is 19.4. The van der Waals surface area contributed by atoms with Crippen LogP contribution in [0.3, 0.4) is 0 Å². The molecule has 0 atom stereocenters. The molecule has 1 aromatic rings. The number of carbonyl (C=O) groups excluding carboxylic acids is 1. The summed E-state index contributed by atoms with van der Waals surface area (Å²) in [6, 6.07) is 5.22. The summed E-state index contributed by atoms with van der Waals surface area (Å²) in [7, 11) is 1.77. The maximum Gasteiger partial charge on any atom is 0.416 e. The third-order valence-electron chi connectivity index (χ3n) is 2.59. The van der Waals surface area contributed by atoms with Gasteiger partial charge in [-0.05, 0) is 31.6 Å². The fourth-order valence-corrected chi connectivity index (χ4v) is 1.71. The first-order chi connectivity index (χ1) is 8.45. The third kappa shape index (κ3) is 4.49. The monoisotopic (exact) mass is 259 g/mol. The standard InChI is InChI=1S/C13H16F3NO/c1-17-8-4-6-11(18)9-10-5-2-3-7-12(10)13(14,15)16/h2-3,5,7,17H,4,6,8-9H2,1H3. The van der Waals surface area contributed by atoms with Crippen LogP contribution in [0.4, 0.5) is 13.2 Å². The first-order valence-electron chi connectivity index (χ1n) is 5.76. The van der Waals surface area contributed by atoms with Crippen LogP contribution in [0.15, 0.2) is 24.3 Å². The lowest BCUT2D eigenvalue weighted by molar-refractivity contribution is -0.138. The normalized spacial score (nSPS) is 11.6. The molecule has 0 unspecified atom stereocenters. The van der Waals surface area contributed by atoms with Gasteiger partial charge >= 0.3 is 6.18 Å². The van der Waals surface area contributed by atoms with Crippen LogP contribution in [0.25, 0.3) is 0 Å². The highest BCUT2D eigenvalue weighted by molar-refractivity contribution is 5.81. The molecule has 0 aliphatic heterocycles. The first-order valence-corrected chi connectivity index (χ1v) is 5.76. The van der Waals surface area contributed by atoms with Gasteiger partial charge in [-0.2, -0.15) is 13.2 Å². The number of Topliss-reactive ketones (excluding diaryl/α,β-unsaturated/α-hetero) is 1. The lowest BCUT2D eigenvalue weighted by Gasteiger charge is -2.11. The van der Waals surface area contributed by atoms with Crippen molar-refractivity contribution < 1.29 is 18.0 Å². The van der Waals surface area contributed by atoms with Crippen LogP contribution in [-0.4, -0.2) is 19.4 Å². The van der Waals surface area contributed by atoms with Gasteiger partial charge in [-0.15, -0.1) is 0 Å². The third-order valence-corrected chi connectivity index (χ3v) is 2.59. The molecule has 100 valence electrons. The molecule has 0 radical (unpaired) electrons. The molecule has 0 aliphatic rings. The summed E-state index contributed by atoms with van der Waals surface area (Å²) in [5, 5.41) is 2.89. The van der Waals surface area contributed by atoms with Crippen LogP contribution in [-0.2, 0) is 17.4 Å². The van der Waals surface area contributed by atoms with Crippen LogP contribution >= 0.6 is 0 Å². The molecule has 0 aromatic heterocycles. The number of benzene rings is 1. The van der Waals surface area contributed by atoms with Crippen molar-refractivity contribution in [3.05, 3.63) is 35.4 Å². The number of nitrogens with one attached hydrogen (secondary N) is 1. The van der Waals surface area contributed by atoms with E-state index in [4.69, 9.17) is 0 Å². The molecule has 1 rings (SSSR count). The zero-order valence-corrected chi connectivity index (χ0v) is 10.2. The van der Waals surface area contributed by atoms with E-state index in [1.165, 1.54) is 18.2 Å². The molecule has 0 heterocycles. The van der Waals surface area contributed by atoms with Gasteiger partial charge in [0.15, 0.2) is 0 Å². The average Bonchev–Trinajstić information content (AvgIpc) is 2.28. The number of carbonyl (C=O) groups is 1. The first kappa shape index (κ1) is 14.7. The van der Waals surface area contributed by atoms with Crippen LogP contribution in [0, 0.1) is 0 Å². The Morgan fingerprint density at radius 1 is 1.28 bits per heavy atom. The Bertz CT molecular complexity index is 401. The Labute approximate surface area is 104 Å². The molecule has 2 nitrogen and oxygen atoms in total. The predicted molar refractivity (Wildman–Crippen MR) is 63.3 cm³/mol. The molecular weight excluding hydrogens is 243 g/mol. The van der Waals surface area contributed by atoms with E-state index in [0.29, 0.717) is 19.4 Å². The molecule has 0 saturated carbocycles. The van der Waals surface area contributed by atoms with E-state index in [0.717, 1.165) is 6.07 Å². The molecule has 0 spiro atoms. The number of ketones is 1. The van der Waals surface area contributed by atoms with Crippen LogP contribution in [0.5, 0.6) is 0 Å². The maximum atomic E-state index is 12.7. The van der Waals surface area contributed by atoms with Gasteiger partial charge in [-0.3, -0.25) is 4.79 Å². The molecule has 1 aromatic carbocycles. The summed E-state index contributed by atoms with van der Waals surface area (Å²) in [6.07, 6.45) is -3.61. The molecule has 0 aliphatic carbocycles. The van der Waals surface area contributed by atoms with Crippen LogP contribution < -0.4 is 5.32 Å². The van der Waals surface area contributed by atoms with Gasteiger partial charge in [0.25, 0.3) is 0 Å². The number of halogens is 3. The van der Waals surface area contributed by atoms with E-state index in [-0.39, 0.29) is 17.8 Å². The molecule has 0 amide bonds. The minimum absolute atomic E-state index is 0.0551. The highest BCUT2D eigenvalue weighted by Crippen LogP contribution is 2.32. The molecule has 18 heavy (non-hydrogen) atoms. The van der Waals surface area contributed by atoms with E-state index in [9.17, 15) is 18.0 Å². The highest BCUT2D eigenvalue weighted by Gasteiger charge is 2.33.